The molecule has 168 valence electrons. The van der Waals surface area contributed by atoms with Crippen molar-refractivity contribution >= 4 is 22.0 Å². The molecule has 1 saturated carbocycles. The summed E-state index contributed by atoms with van der Waals surface area (Å²) in [5.74, 6) is -1.81. The van der Waals surface area contributed by atoms with E-state index >= 15 is 0 Å². The van der Waals surface area contributed by atoms with Crippen LogP contribution in [0, 0.1) is 24.7 Å². The van der Waals surface area contributed by atoms with Gasteiger partial charge in [0.1, 0.15) is 6.04 Å². The Hall–Kier alpha value is -2.19. The number of hydrogen-bond donors (Lipinski definition) is 0. The van der Waals surface area contributed by atoms with Crippen LogP contribution in [0.3, 0.4) is 0 Å². The second-order valence-electron chi connectivity index (χ2n) is 8.79. The Balaban J connectivity index is 1.68. The highest BCUT2D eigenvalue weighted by Crippen LogP contribution is 2.35. The minimum absolute atomic E-state index is 0.0506. The Kier molecular flexibility index (Phi) is 6.21. The van der Waals surface area contributed by atoms with Crippen molar-refractivity contribution in [3.8, 4) is 0 Å². The molecule has 0 radical (unpaired) electrons. The van der Waals surface area contributed by atoms with Crippen molar-refractivity contribution in [2.24, 2.45) is 17.8 Å². The highest BCUT2D eigenvalue weighted by atomic mass is 32.2. The lowest BCUT2D eigenvalue weighted by Crippen LogP contribution is -2.56. The first-order valence-electron chi connectivity index (χ1n) is 10.9. The van der Waals surface area contributed by atoms with E-state index in [9.17, 15) is 18.0 Å². The molecule has 1 aliphatic carbocycles. The topological polar surface area (TPSA) is 90.0 Å². The van der Waals surface area contributed by atoms with Crippen LogP contribution in [-0.2, 0) is 29.1 Å². The minimum Gasteiger partial charge on any atom is -0.465 e. The number of hydrogen-bond acceptors (Lipinski definition) is 6. The monoisotopic (exact) mass is 447 g/mol. The van der Waals surface area contributed by atoms with Crippen molar-refractivity contribution in [3.63, 3.8) is 0 Å². The lowest BCUT2D eigenvalue weighted by atomic mass is 9.79. The highest BCUT2D eigenvalue weighted by molar-refractivity contribution is 7.89. The summed E-state index contributed by atoms with van der Waals surface area (Å²) in [5, 5.41) is 0. The highest BCUT2D eigenvalue weighted by Gasteiger charge is 2.47. The molecule has 1 saturated heterocycles. The number of ether oxygens (including phenoxy) is 2. The summed E-state index contributed by atoms with van der Waals surface area (Å²) < 4.78 is 39.5. The van der Waals surface area contributed by atoms with Crippen LogP contribution in [0.15, 0.2) is 41.3 Å². The SMILES string of the molecule is Cc1ccc(S(=O)(=O)N2[C@H](C)C=C[C@@H]3COC(=O)[C@@H]4CCCC[C@H]4COC(=O)[C@@H]32)cc1. The van der Waals surface area contributed by atoms with Gasteiger partial charge < -0.3 is 9.47 Å². The summed E-state index contributed by atoms with van der Waals surface area (Å²) in [6.45, 7) is 3.67. The van der Waals surface area contributed by atoms with Crippen molar-refractivity contribution in [1.29, 1.82) is 0 Å². The number of aryl methyl sites for hydroxylation is 1. The van der Waals surface area contributed by atoms with Gasteiger partial charge in [0, 0.05) is 17.9 Å². The van der Waals surface area contributed by atoms with E-state index in [0.29, 0.717) is 0 Å². The number of rotatable bonds is 2. The summed E-state index contributed by atoms with van der Waals surface area (Å²) in [6.07, 6.45) is 6.97. The first kappa shape index (κ1) is 22.0. The summed E-state index contributed by atoms with van der Waals surface area (Å²) in [7, 11) is -3.98. The van der Waals surface area contributed by atoms with Crippen LogP contribution >= 0.6 is 0 Å². The molecular weight excluding hydrogens is 418 g/mol. The maximum Gasteiger partial charge on any atom is 0.325 e. The number of carbonyl (C=O) groups excluding carboxylic acids is 2. The van der Waals surface area contributed by atoms with Gasteiger partial charge in [-0.2, -0.15) is 4.31 Å². The molecule has 4 rings (SSSR count). The zero-order valence-electron chi connectivity index (χ0n) is 17.9. The number of esters is 2. The standard InChI is InChI=1S/C23H29NO6S/c1-15-7-11-19(12-8-15)31(27,28)24-16(2)9-10-18-14-29-22(25)20-6-4-3-5-17(20)13-30-23(26)21(18)24/h7-12,16-18,20-21H,3-6,13-14H2,1-2H3/t16-,17+,18-,20-,21-/m1/s1. The maximum absolute atomic E-state index is 13.5. The van der Waals surface area contributed by atoms with Gasteiger partial charge in [0.05, 0.1) is 24.0 Å². The molecule has 0 N–H and O–H groups in total. The maximum atomic E-state index is 13.5. The summed E-state index contributed by atoms with van der Waals surface area (Å²) >= 11 is 0. The molecule has 0 bridgehead atoms. The molecule has 8 heteroatoms. The fourth-order valence-corrected chi connectivity index (χ4v) is 6.61. The van der Waals surface area contributed by atoms with Crippen molar-refractivity contribution in [3.05, 3.63) is 42.0 Å². The van der Waals surface area contributed by atoms with E-state index in [-0.39, 0.29) is 35.9 Å². The van der Waals surface area contributed by atoms with Gasteiger partial charge in [-0.15, -0.1) is 0 Å². The van der Waals surface area contributed by atoms with Crippen molar-refractivity contribution in [2.45, 2.75) is 56.5 Å². The van der Waals surface area contributed by atoms with E-state index in [1.807, 2.05) is 6.92 Å². The lowest BCUT2D eigenvalue weighted by molar-refractivity contribution is -0.165. The van der Waals surface area contributed by atoms with Gasteiger partial charge in [-0.05, 0) is 38.8 Å². The third-order valence-electron chi connectivity index (χ3n) is 6.63. The summed E-state index contributed by atoms with van der Waals surface area (Å²) in [4.78, 5) is 26.0. The fraction of sp³-hybridized carbons (Fsp3) is 0.565. The van der Waals surface area contributed by atoms with Gasteiger partial charge in [-0.25, -0.2) is 8.42 Å². The van der Waals surface area contributed by atoms with E-state index in [0.717, 1.165) is 31.2 Å². The van der Waals surface area contributed by atoms with Crippen LogP contribution in [0.5, 0.6) is 0 Å². The third kappa shape index (κ3) is 4.28. The molecular formula is C23H29NO6S. The molecule has 31 heavy (non-hydrogen) atoms. The van der Waals surface area contributed by atoms with Crippen LogP contribution in [0.25, 0.3) is 0 Å². The van der Waals surface area contributed by atoms with Crippen LogP contribution in [0.1, 0.15) is 38.2 Å². The second kappa shape index (κ2) is 8.74. The zero-order chi connectivity index (χ0) is 22.2. The minimum atomic E-state index is -3.98. The molecule has 1 aromatic rings. The number of cyclic esters (lactones) is 2. The fourth-order valence-electron chi connectivity index (χ4n) is 4.84. The summed E-state index contributed by atoms with van der Waals surface area (Å²) in [6, 6.07) is 4.92. The van der Waals surface area contributed by atoms with Gasteiger partial charge in [-0.1, -0.05) is 42.7 Å². The molecule has 2 heterocycles. The molecule has 2 aliphatic heterocycles. The van der Waals surface area contributed by atoms with Crippen LogP contribution in [0.2, 0.25) is 0 Å². The average Bonchev–Trinajstić information content (AvgIpc) is 2.76. The predicted octanol–water partition coefficient (Wildman–Crippen LogP) is 2.84. The first-order valence-corrected chi connectivity index (χ1v) is 12.3. The Labute approximate surface area is 183 Å². The number of fused-ring (bicyclic) bond motifs is 2. The van der Waals surface area contributed by atoms with E-state index < -0.39 is 34.0 Å². The smallest absolute Gasteiger partial charge is 0.325 e. The Morgan fingerprint density at radius 2 is 1.61 bits per heavy atom. The first-order chi connectivity index (χ1) is 14.8. The normalized spacial score (nSPS) is 32.4. The summed E-state index contributed by atoms with van der Waals surface area (Å²) in [5.41, 5.74) is 0.940. The largest absolute Gasteiger partial charge is 0.465 e. The third-order valence-corrected chi connectivity index (χ3v) is 8.61. The molecule has 2 fully saturated rings. The molecule has 1 aromatic carbocycles. The molecule has 0 amide bonds. The average molecular weight is 448 g/mol. The van der Waals surface area contributed by atoms with Gasteiger partial charge in [0.2, 0.25) is 10.0 Å². The van der Waals surface area contributed by atoms with Crippen LogP contribution in [-0.4, -0.2) is 50.0 Å². The molecule has 0 aromatic heterocycles. The van der Waals surface area contributed by atoms with E-state index in [1.54, 1.807) is 43.3 Å². The van der Waals surface area contributed by atoms with Crippen LogP contribution < -0.4 is 0 Å². The van der Waals surface area contributed by atoms with E-state index in [2.05, 4.69) is 0 Å². The van der Waals surface area contributed by atoms with Crippen molar-refractivity contribution in [2.75, 3.05) is 13.2 Å². The molecule has 5 atom stereocenters. The molecule has 0 spiro atoms. The van der Waals surface area contributed by atoms with Gasteiger partial charge >= 0.3 is 11.9 Å². The molecule has 0 unspecified atom stereocenters. The van der Waals surface area contributed by atoms with E-state index in [1.165, 1.54) is 4.31 Å². The Morgan fingerprint density at radius 1 is 0.935 bits per heavy atom. The second-order valence-corrected chi connectivity index (χ2v) is 10.6. The molecule has 3 aliphatic rings. The van der Waals surface area contributed by atoms with E-state index in [4.69, 9.17) is 9.47 Å². The van der Waals surface area contributed by atoms with Crippen molar-refractivity contribution < 1.29 is 27.5 Å². The zero-order valence-corrected chi connectivity index (χ0v) is 18.7. The van der Waals surface area contributed by atoms with Crippen LogP contribution in [0.4, 0.5) is 0 Å². The number of benzene rings is 1. The van der Waals surface area contributed by atoms with Crippen molar-refractivity contribution in [1.82, 2.24) is 4.31 Å². The number of nitrogens with zero attached hydrogens (tertiary/aromatic N) is 1. The molecule has 7 nitrogen and oxygen atoms in total. The Bertz CT molecular complexity index is 970. The van der Waals surface area contributed by atoms with Gasteiger partial charge in [0.15, 0.2) is 0 Å². The number of carbonyl (C=O) groups is 2. The predicted molar refractivity (Wildman–Crippen MR) is 113 cm³/mol. The van der Waals surface area contributed by atoms with Gasteiger partial charge in [0.25, 0.3) is 0 Å². The lowest BCUT2D eigenvalue weighted by Gasteiger charge is -2.40. The van der Waals surface area contributed by atoms with Gasteiger partial charge in [-0.3, -0.25) is 9.59 Å². The quantitative estimate of drug-likeness (QED) is 0.512. The number of sulfonamides is 1. The Morgan fingerprint density at radius 3 is 2.35 bits per heavy atom.